The topological polar surface area (TPSA) is 70.4 Å². The van der Waals surface area contributed by atoms with Crippen molar-refractivity contribution >= 4 is 6.03 Å². The quantitative estimate of drug-likeness (QED) is 0.783. The van der Waals surface area contributed by atoms with Crippen LogP contribution >= 0.6 is 0 Å². The third-order valence-corrected chi connectivity index (χ3v) is 3.46. The van der Waals surface area contributed by atoms with Gasteiger partial charge in [-0.2, -0.15) is 5.10 Å². The number of aromatic nitrogens is 2. The highest BCUT2D eigenvalue weighted by molar-refractivity contribution is 5.74. The van der Waals surface area contributed by atoms with Crippen LogP contribution in [0.3, 0.4) is 0 Å². The normalized spacial score (nSPS) is 10.7. The van der Waals surface area contributed by atoms with Crippen LogP contribution in [-0.4, -0.2) is 52.1 Å². The molecule has 6 heteroatoms. The predicted molar refractivity (Wildman–Crippen MR) is 78.7 cm³/mol. The number of rotatable bonds is 7. The number of aryl methyl sites for hydroxylation is 2. The third-order valence-electron chi connectivity index (χ3n) is 3.46. The molecule has 1 aromatic heterocycles. The van der Waals surface area contributed by atoms with E-state index >= 15 is 0 Å². The zero-order valence-electron chi connectivity index (χ0n) is 12.9. The van der Waals surface area contributed by atoms with E-state index < -0.39 is 0 Å². The molecule has 1 rings (SSSR count). The maximum Gasteiger partial charge on any atom is 0.317 e. The zero-order chi connectivity index (χ0) is 15.1. The van der Waals surface area contributed by atoms with E-state index in [4.69, 9.17) is 5.11 Å². The van der Waals surface area contributed by atoms with E-state index in [0.717, 1.165) is 24.2 Å². The van der Waals surface area contributed by atoms with E-state index in [-0.39, 0.29) is 12.6 Å². The van der Waals surface area contributed by atoms with Gasteiger partial charge in [0.05, 0.1) is 12.3 Å². The molecule has 1 heterocycles. The summed E-state index contributed by atoms with van der Waals surface area (Å²) in [6.45, 7) is 7.65. The Morgan fingerprint density at radius 3 is 2.60 bits per heavy atom. The van der Waals surface area contributed by atoms with Crippen LogP contribution in [0.25, 0.3) is 0 Å². The van der Waals surface area contributed by atoms with E-state index in [0.29, 0.717) is 19.6 Å². The molecule has 20 heavy (non-hydrogen) atoms. The zero-order valence-corrected chi connectivity index (χ0v) is 12.9. The first-order chi connectivity index (χ1) is 9.51. The van der Waals surface area contributed by atoms with Gasteiger partial charge < -0.3 is 15.3 Å². The second-order valence-corrected chi connectivity index (χ2v) is 4.97. The maximum atomic E-state index is 12.0. The molecule has 0 aromatic carbocycles. The molecule has 0 spiro atoms. The molecule has 0 atom stereocenters. The average Bonchev–Trinajstić information content (AvgIpc) is 2.64. The van der Waals surface area contributed by atoms with Crippen LogP contribution in [0.5, 0.6) is 0 Å². The van der Waals surface area contributed by atoms with Gasteiger partial charge in [0.1, 0.15) is 0 Å². The van der Waals surface area contributed by atoms with Gasteiger partial charge in [0, 0.05) is 32.4 Å². The van der Waals surface area contributed by atoms with Gasteiger partial charge in [0.2, 0.25) is 0 Å². The van der Waals surface area contributed by atoms with Gasteiger partial charge >= 0.3 is 6.03 Å². The molecule has 6 nitrogen and oxygen atoms in total. The Labute approximate surface area is 120 Å². The Morgan fingerprint density at radius 2 is 2.10 bits per heavy atom. The molecule has 0 aliphatic heterocycles. The molecule has 0 fully saturated rings. The summed E-state index contributed by atoms with van der Waals surface area (Å²) in [5.41, 5.74) is 3.34. The van der Waals surface area contributed by atoms with E-state index in [1.165, 1.54) is 5.56 Å². The van der Waals surface area contributed by atoms with Crippen molar-refractivity contribution in [3.05, 3.63) is 17.0 Å². The summed E-state index contributed by atoms with van der Waals surface area (Å²) >= 11 is 0. The van der Waals surface area contributed by atoms with Gasteiger partial charge in [-0.05, 0) is 32.3 Å². The first kappa shape index (κ1) is 16.5. The number of aliphatic hydroxyl groups is 1. The van der Waals surface area contributed by atoms with Gasteiger partial charge in [-0.3, -0.25) is 4.68 Å². The molecule has 1 aromatic rings. The lowest BCUT2D eigenvalue weighted by molar-refractivity contribution is 0.177. The largest absolute Gasteiger partial charge is 0.395 e. The Bertz CT molecular complexity index is 437. The van der Waals surface area contributed by atoms with Gasteiger partial charge in [-0.1, -0.05) is 6.92 Å². The van der Waals surface area contributed by atoms with Crippen molar-refractivity contribution in [3.8, 4) is 0 Å². The number of nitrogens with zero attached hydrogens (tertiary/aromatic N) is 3. The van der Waals surface area contributed by atoms with Gasteiger partial charge in [0.25, 0.3) is 0 Å². The fourth-order valence-corrected chi connectivity index (χ4v) is 2.29. The number of hydrogen-bond donors (Lipinski definition) is 2. The fourth-order valence-electron chi connectivity index (χ4n) is 2.29. The number of carbonyl (C=O) groups is 1. The molecule has 2 N–H and O–H groups in total. The number of nitrogens with one attached hydrogen (secondary N) is 1. The summed E-state index contributed by atoms with van der Waals surface area (Å²) in [4.78, 5) is 13.6. The van der Waals surface area contributed by atoms with E-state index in [9.17, 15) is 4.79 Å². The van der Waals surface area contributed by atoms with Crippen LogP contribution in [0.15, 0.2) is 0 Å². The molecule has 0 radical (unpaired) electrons. The first-order valence-corrected chi connectivity index (χ1v) is 7.14. The lowest BCUT2D eigenvalue weighted by Crippen LogP contribution is -2.42. The fraction of sp³-hybridized carbons (Fsp3) is 0.714. The summed E-state index contributed by atoms with van der Waals surface area (Å²) < 4.78 is 1.86. The van der Waals surface area contributed by atoms with Crippen molar-refractivity contribution in [3.63, 3.8) is 0 Å². The summed E-state index contributed by atoms with van der Waals surface area (Å²) in [6.07, 6.45) is 1.66. The predicted octanol–water partition coefficient (Wildman–Crippen LogP) is 0.993. The highest BCUT2D eigenvalue weighted by Crippen LogP contribution is 2.11. The van der Waals surface area contributed by atoms with Crippen molar-refractivity contribution in [1.29, 1.82) is 0 Å². The number of amides is 2. The molecule has 0 aliphatic rings. The summed E-state index contributed by atoms with van der Waals surface area (Å²) in [5.74, 6) is 0. The minimum atomic E-state index is -0.111. The van der Waals surface area contributed by atoms with Crippen LogP contribution in [-0.2, 0) is 13.5 Å². The maximum absolute atomic E-state index is 12.0. The summed E-state index contributed by atoms with van der Waals surface area (Å²) in [7, 11) is 1.93. The second-order valence-electron chi connectivity index (χ2n) is 4.97. The number of urea groups is 1. The molecule has 0 unspecified atom stereocenters. The molecule has 0 saturated heterocycles. The van der Waals surface area contributed by atoms with Crippen molar-refractivity contribution < 1.29 is 9.90 Å². The SMILES string of the molecule is CCCN(CCO)C(=O)NCCc1c(C)nn(C)c1C. The van der Waals surface area contributed by atoms with Gasteiger partial charge in [-0.25, -0.2) is 4.79 Å². The summed E-state index contributed by atoms with van der Waals surface area (Å²) in [5, 5.41) is 16.2. The monoisotopic (exact) mass is 282 g/mol. The Hall–Kier alpha value is -1.56. The highest BCUT2D eigenvalue weighted by atomic mass is 16.3. The molecule has 114 valence electrons. The Balaban J connectivity index is 2.48. The van der Waals surface area contributed by atoms with E-state index in [2.05, 4.69) is 10.4 Å². The van der Waals surface area contributed by atoms with Crippen LogP contribution in [0, 0.1) is 13.8 Å². The lowest BCUT2D eigenvalue weighted by atomic mass is 10.1. The molecule has 2 amide bonds. The number of carbonyl (C=O) groups excluding carboxylic acids is 1. The van der Waals surface area contributed by atoms with Crippen LogP contribution in [0.4, 0.5) is 4.79 Å². The second kappa shape index (κ2) is 7.89. The van der Waals surface area contributed by atoms with Crippen LogP contribution in [0.1, 0.15) is 30.3 Å². The molecular formula is C14H26N4O2. The van der Waals surface area contributed by atoms with E-state index in [1.807, 2.05) is 32.5 Å². The van der Waals surface area contributed by atoms with Gasteiger partial charge in [0.15, 0.2) is 0 Å². The summed E-state index contributed by atoms with van der Waals surface area (Å²) in [6, 6.07) is -0.111. The molecular weight excluding hydrogens is 256 g/mol. The highest BCUT2D eigenvalue weighted by Gasteiger charge is 2.13. The first-order valence-electron chi connectivity index (χ1n) is 7.14. The molecule has 0 saturated carbocycles. The van der Waals surface area contributed by atoms with Crippen molar-refractivity contribution in [1.82, 2.24) is 20.0 Å². The molecule has 0 aliphatic carbocycles. The minimum absolute atomic E-state index is 0.00571. The Morgan fingerprint density at radius 1 is 1.40 bits per heavy atom. The standard InChI is InChI=1S/C14H26N4O2/c1-5-8-18(9-10-19)14(20)15-7-6-13-11(2)16-17(4)12(13)3/h19H,5-10H2,1-4H3,(H,15,20). The minimum Gasteiger partial charge on any atom is -0.395 e. The van der Waals surface area contributed by atoms with Gasteiger partial charge in [-0.15, -0.1) is 0 Å². The lowest BCUT2D eigenvalue weighted by Gasteiger charge is -2.21. The van der Waals surface area contributed by atoms with Crippen LogP contribution in [0.2, 0.25) is 0 Å². The number of aliphatic hydroxyl groups excluding tert-OH is 1. The molecule has 0 bridgehead atoms. The van der Waals surface area contributed by atoms with Crippen molar-refractivity contribution in [2.75, 3.05) is 26.2 Å². The van der Waals surface area contributed by atoms with Crippen molar-refractivity contribution in [2.24, 2.45) is 7.05 Å². The Kier molecular flexibility index (Phi) is 6.51. The van der Waals surface area contributed by atoms with Crippen molar-refractivity contribution in [2.45, 2.75) is 33.6 Å². The van der Waals surface area contributed by atoms with Crippen LogP contribution < -0.4 is 5.32 Å². The smallest absolute Gasteiger partial charge is 0.317 e. The third kappa shape index (κ3) is 4.23. The average molecular weight is 282 g/mol. The number of hydrogen-bond acceptors (Lipinski definition) is 3. The van der Waals surface area contributed by atoms with E-state index in [1.54, 1.807) is 4.90 Å².